The molecule has 0 aromatic rings. The molecule has 0 aromatic carbocycles. The minimum atomic E-state index is 1.04. The smallest absolute Gasteiger partial charge is 0.103 e. The highest BCUT2D eigenvalue weighted by Gasteiger charge is 2.12. The Balaban J connectivity index is 2.67. The zero-order valence-corrected chi connectivity index (χ0v) is 7.39. The van der Waals surface area contributed by atoms with Crippen LogP contribution in [-0.2, 0) is 0 Å². The molecule has 0 aliphatic carbocycles. The largest absolute Gasteiger partial charge is 0.378 e. The van der Waals surface area contributed by atoms with Crippen LogP contribution in [0, 0.1) is 6.04 Å². The zero-order chi connectivity index (χ0) is 8.27. The van der Waals surface area contributed by atoms with Crippen molar-refractivity contribution < 1.29 is 0 Å². The molecule has 0 unspecified atom stereocenters. The molecule has 11 heavy (non-hydrogen) atoms. The highest BCUT2D eigenvalue weighted by Crippen LogP contribution is 2.15. The summed E-state index contributed by atoms with van der Waals surface area (Å²) in [7, 11) is 2.09. The van der Waals surface area contributed by atoms with Gasteiger partial charge in [0.05, 0.1) is 0 Å². The van der Waals surface area contributed by atoms with Crippen molar-refractivity contribution in [3.63, 3.8) is 0 Å². The van der Waals surface area contributed by atoms with E-state index in [9.17, 15) is 0 Å². The summed E-state index contributed by atoms with van der Waals surface area (Å²) in [5, 5.41) is 3.17. The Kier molecular flexibility index (Phi) is 2.58. The number of nitrogens with zero attached hydrogens (tertiary/aromatic N) is 1. The Morgan fingerprint density at radius 3 is 2.82 bits per heavy atom. The van der Waals surface area contributed by atoms with E-state index in [4.69, 9.17) is 0 Å². The Hall–Kier alpha value is -0.920. The van der Waals surface area contributed by atoms with Gasteiger partial charge in [0.2, 0.25) is 0 Å². The van der Waals surface area contributed by atoms with Crippen molar-refractivity contribution in [2.45, 2.75) is 13.8 Å². The van der Waals surface area contributed by atoms with Crippen molar-refractivity contribution >= 4 is 0 Å². The molecule has 0 spiro atoms. The molecule has 0 saturated carbocycles. The van der Waals surface area contributed by atoms with Crippen molar-refractivity contribution in [2.75, 3.05) is 13.6 Å². The molecule has 1 aliphatic heterocycles. The number of dihydropyridines is 1. The number of allylic oxidation sites excluding steroid dienone is 2. The van der Waals surface area contributed by atoms with Crippen LogP contribution in [0.15, 0.2) is 24.0 Å². The van der Waals surface area contributed by atoms with Crippen molar-refractivity contribution in [3.05, 3.63) is 30.1 Å². The molecule has 0 amide bonds. The molecule has 2 nitrogen and oxygen atoms in total. The first-order valence-electron chi connectivity index (χ1n) is 3.94. The molecule has 1 rings (SSSR count). The second kappa shape index (κ2) is 3.46. The van der Waals surface area contributed by atoms with Crippen LogP contribution in [0.25, 0.3) is 0 Å². The minimum Gasteiger partial charge on any atom is -0.378 e. The maximum absolute atomic E-state index is 3.17. The fraction of sp³-hybridized carbons (Fsp3) is 0.444. The summed E-state index contributed by atoms with van der Waals surface area (Å²) in [4.78, 5) is 2.21. The summed E-state index contributed by atoms with van der Waals surface area (Å²) in [6, 6.07) is 1.22. The predicted octanol–water partition coefficient (Wildman–Crippen LogP) is 1.49. The van der Waals surface area contributed by atoms with Gasteiger partial charge < -0.3 is 10.2 Å². The van der Waals surface area contributed by atoms with Gasteiger partial charge in [0.1, 0.15) is 6.04 Å². The second-order valence-corrected chi connectivity index (χ2v) is 2.69. The van der Waals surface area contributed by atoms with E-state index in [0.29, 0.717) is 0 Å². The van der Waals surface area contributed by atoms with E-state index in [-0.39, 0.29) is 0 Å². The van der Waals surface area contributed by atoms with Gasteiger partial charge in [-0.3, -0.25) is 0 Å². The molecule has 61 valence electrons. The quantitative estimate of drug-likeness (QED) is 0.643. The minimum absolute atomic E-state index is 1.04. The van der Waals surface area contributed by atoms with Gasteiger partial charge in [-0.25, -0.2) is 0 Å². The Morgan fingerprint density at radius 2 is 2.27 bits per heavy atom. The summed E-state index contributed by atoms with van der Waals surface area (Å²) in [6.07, 6.45) is 6.09. The lowest BCUT2D eigenvalue weighted by Crippen LogP contribution is -2.28. The van der Waals surface area contributed by atoms with E-state index < -0.39 is 0 Å². The van der Waals surface area contributed by atoms with Gasteiger partial charge in [0, 0.05) is 19.3 Å². The first kappa shape index (κ1) is 8.18. The molecule has 1 N–H and O–H groups in total. The lowest BCUT2D eigenvalue weighted by Gasteiger charge is -2.27. The Morgan fingerprint density at radius 1 is 1.55 bits per heavy atom. The van der Waals surface area contributed by atoms with Crippen LogP contribution in [0.4, 0.5) is 0 Å². The van der Waals surface area contributed by atoms with Crippen molar-refractivity contribution in [1.29, 1.82) is 0 Å². The van der Waals surface area contributed by atoms with Crippen molar-refractivity contribution in [1.82, 2.24) is 10.2 Å². The molecule has 0 fully saturated rings. The van der Waals surface area contributed by atoms with Crippen molar-refractivity contribution in [3.8, 4) is 0 Å². The molecular formula is C9H15N2. The fourth-order valence-electron chi connectivity index (χ4n) is 1.10. The average molecular weight is 151 g/mol. The first-order valence-corrected chi connectivity index (χ1v) is 3.94. The number of rotatable bonds is 2. The van der Waals surface area contributed by atoms with Gasteiger partial charge in [-0.1, -0.05) is 0 Å². The topological polar surface area (TPSA) is 15.3 Å². The fourth-order valence-corrected chi connectivity index (χ4v) is 1.10. The third kappa shape index (κ3) is 1.76. The molecule has 0 bridgehead atoms. The van der Waals surface area contributed by atoms with Gasteiger partial charge in [0.25, 0.3) is 0 Å². The van der Waals surface area contributed by atoms with E-state index in [1.165, 1.54) is 11.7 Å². The lowest BCUT2D eigenvalue weighted by atomic mass is 10.1. The van der Waals surface area contributed by atoms with Crippen LogP contribution in [0.1, 0.15) is 13.8 Å². The molecular weight excluding hydrogens is 136 g/mol. The summed E-state index contributed by atoms with van der Waals surface area (Å²) in [5.74, 6) is 0. The molecule has 2 heteroatoms. The van der Waals surface area contributed by atoms with Gasteiger partial charge in [-0.2, -0.15) is 0 Å². The number of nitrogens with one attached hydrogen (secondary N) is 1. The summed E-state index contributed by atoms with van der Waals surface area (Å²) in [6.45, 7) is 5.27. The third-order valence-electron chi connectivity index (χ3n) is 1.92. The SMILES string of the molecule is CCN(C)C1=CC=CN[C]1C. The summed E-state index contributed by atoms with van der Waals surface area (Å²) >= 11 is 0. The zero-order valence-electron chi connectivity index (χ0n) is 7.39. The highest BCUT2D eigenvalue weighted by molar-refractivity contribution is 5.29. The van der Waals surface area contributed by atoms with Gasteiger partial charge in [0.15, 0.2) is 0 Å². The number of hydrogen-bond donors (Lipinski definition) is 1. The predicted molar refractivity (Wildman–Crippen MR) is 47.6 cm³/mol. The van der Waals surface area contributed by atoms with E-state index in [1.54, 1.807) is 0 Å². The summed E-state index contributed by atoms with van der Waals surface area (Å²) in [5.41, 5.74) is 1.27. The van der Waals surface area contributed by atoms with Crippen LogP contribution in [-0.4, -0.2) is 18.5 Å². The van der Waals surface area contributed by atoms with Crippen LogP contribution >= 0.6 is 0 Å². The normalized spacial score (nSPS) is 17.5. The van der Waals surface area contributed by atoms with E-state index >= 15 is 0 Å². The van der Waals surface area contributed by atoms with Gasteiger partial charge >= 0.3 is 0 Å². The summed E-state index contributed by atoms with van der Waals surface area (Å²) < 4.78 is 0. The maximum atomic E-state index is 3.17. The van der Waals surface area contributed by atoms with E-state index in [1.807, 2.05) is 12.3 Å². The molecule has 0 aromatic heterocycles. The second-order valence-electron chi connectivity index (χ2n) is 2.69. The highest BCUT2D eigenvalue weighted by atomic mass is 15.1. The van der Waals surface area contributed by atoms with Crippen LogP contribution in [0.3, 0.4) is 0 Å². The van der Waals surface area contributed by atoms with Crippen molar-refractivity contribution in [2.24, 2.45) is 0 Å². The lowest BCUT2D eigenvalue weighted by molar-refractivity contribution is 0.427. The molecule has 0 saturated heterocycles. The van der Waals surface area contributed by atoms with Gasteiger partial charge in [-0.15, -0.1) is 0 Å². The third-order valence-corrected chi connectivity index (χ3v) is 1.92. The number of likely N-dealkylation sites (N-methyl/N-ethyl adjacent to an activating group) is 1. The Labute approximate surface area is 68.6 Å². The van der Waals surface area contributed by atoms with Crippen LogP contribution in [0.2, 0.25) is 0 Å². The molecule has 0 atom stereocenters. The van der Waals surface area contributed by atoms with Gasteiger partial charge in [-0.05, 0) is 32.2 Å². The van der Waals surface area contributed by atoms with E-state index in [2.05, 4.69) is 37.2 Å². The maximum Gasteiger partial charge on any atom is 0.103 e. The monoisotopic (exact) mass is 151 g/mol. The van der Waals surface area contributed by atoms with Crippen LogP contribution < -0.4 is 5.32 Å². The molecule has 1 heterocycles. The van der Waals surface area contributed by atoms with Crippen LogP contribution in [0.5, 0.6) is 0 Å². The average Bonchev–Trinajstić information content (AvgIpc) is 2.04. The Bertz CT molecular complexity index is 182. The standard InChI is InChI=1S/C9H15N2/c1-4-11(3)9-6-5-7-10-8(9)2/h5-7,10H,4H2,1-3H3. The first-order chi connectivity index (χ1) is 5.25. The van der Waals surface area contributed by atoms with E-state index in [0.717, 1.165) is 6.54 Å². The molecule has 1 aliphatic rings. The molecule has 1 radical (unpaired) electrons. The number of hydrogen-bond acceptors (Lipinski definition) is 2.